The van der Waals surface area contributed by atoms with Gasteiger partial charge in [-0.15, -0.1) is 0 Å². The number of carbonyl (C=O) groups is 1. The number of furan rings is 1. The number of aryl methyl sites for hydroxylation is 1. The maximum Gasteiger partial charge on any atom is 0.227 e. The Bertz CT molecular complexity index is 697. The van der Waals surface area contributed by atoms with Crippen LogP contribution in [0.2, 0.25) is 0 Å². The summed E-state index contributed by atoms with van der Waals surface area (Å²) < 4.78 is 11.3. The Balaban J connectivity index is 1.51. The van der Waals surface area contributed by atoms with Crippen molar-refractivity contribution in [3.05, 3.63) is 53.7 Å². The number of ether oxygens (including phenoxy) is 1. The first-order valence-electron chi connectivity index (χ1n) is 8.08. The van der Waals surface area contributed by atoms with E-state index in [2.05, 4.69) is 11.1 Å². The first kappa shape index (κ1) is 14.5. The van der Waals surface area contributed by atoms with Crippen molar-refractivity contribution in [2.45, 2.75) is 25.3 Å². The van der Waals surface area contributed by atoms with E-state index in [0.29, 0.717) is 25.7 Å². The molecule has 3 atom stereocenters. The molecule has 2 aromatic heterocycles. The maximum absolute atomic E-state index is 12.9. The average Bonchev–Trinajstić information content (AvgIpc) is 3.29. The first-order valence-corrected chi connectivity index (χ1v) is 8.08. The lowest BCUT2D eigenvalue weighted by Crippen LogP contribution is -2.44. The van der Waals surface area contributed by atoms with Crippen molar-refractivity contribution in [1.29, 1.82) is 0 Å². The number of hydrogen-bond donors (Lipinski definition) is 0. The molecule has 1 saturated carbocycles. The minimum atomic E-state index is -0.111. The van der Waals surface area contributed by atoms with E-state index in [1.807, 2.05) is 36.2 Å². The molecule has 0 N–H and O–H groups in total. The van der Waals surface area contributed by atoms with E-state index in [-0.39, 0.29) is 17.9 Å². The monoisotopic (exact) mass is 312 g/mol. The summed E-state index contributed by atoms with van der Waals surface area (Å²) in [6, 6.07) is 7.75. The van der Waals surface area contributed by atoms with Gasteiger partial charge in [0, 0.05) is 24.9 Å². The zero-order valence-electron chi connectivity index (χ0n) is 13.1. The third-order valence-corrected chi connectivity index (χ3v) is 4.72. The molecule has 23 heavy (non-hydrogen) atoms. The van der Waals surface area contributed by atoms with E-state index in [0.717, 1.165) is 23.5 Å². The fourth-order valence-corrected chi connectivity index (χ4v) is 3.38. The maximum atomic E-state index is 12.9. The molecule has 120 valence electrons. The molecule has 5 nitrogen and oxygen atoms in total. The Labute approximate surface area is 135 Å². The molecule has 1 aliphatic heterocycles. The molecule has 1 aliphatic carbocycles. The largest absolute Gasteiger partial charge is 0.464 e. The van der Waals surface area contributed by atoms with Crippen LogP contribution in [-0.2, 0) is 9.53 Å². The van der Waals surface area contributed by atoms with Gasteiger partial charge in [-0.3, -0.25) is 9.78 Å². The highest BCUT2D eigenvalue weighted by Crippen LogP contribution is 2.49. The van der Waals surface area contributed by atoms with Gasteiger partial charge in [-0.25, -0.2) is 0 Å². The molecule has 0 spiro atoms. The first-order chi connectivity index (χ1) is 11.2. The number of nitrogens with zero attached hydrogens (tertiary/aromatic N) is 2. The fourth-order valence-electron chi connectivity index (χ4n) is 3.38. The van der Waals surface area contributed by atoms with E-state index in [1.54, 1.807) is 6.20 Å². The Kier molecular flexibility index (Phi) is 3.65. The van der Waals surface area contributed by atoms with E-state index in [9.17, 15) is 4.79 Å². The molecule has 4 rings (SSSR count). The van der Waals surface area contributed by atoms with Crippen LogP contribution >= 0.6 is 0 Å². The Morgan fingerprint density at radius 2 is 2.26 bits per heavy atom. The lowest BCUT2D eigenvalue weighted by atomic mass is 10.1. The topological polar surface area (TPSA) is 55.6 Å². The molecule has 2 aliphatic rings. The van der Waals surface area contributed by atoms with Gasteiger partial charge in [0.1, 0.15) is 17.6 Å². The zero-order valence-corrected chi connectivity index (χ0v) is 13.1. The highest BCUT2D eigenvalue weighted by molar-refractivity contribution is 5.83. The SMILES string of the molecule is Cc1ccc([C@@H]2COCCN2C(=O)[C@@H]2C[C@@H]2c2cccnc2)o1. The average molecular weight is 312 g/mol. The van der Waals surface area contributed by atoms with Crippen LogP contribution in [0.15, 0.2) is 41.1 Å². The van der Waals surface area contributed by atoms with Gasteiger partial charge in [0.15, 0.2) is 0 Å². The lowest BCUT2D eigenvalue weighted by Gasteiger charge is -2.34. The summed E-state index contributed by atoms with van der Waals surface area (Å²) in [7, 11) is 0. The number of amides is 1. The van der Waals surface area contributed by atoms with E-state index >= 15 is 0 Å². The summed E-state index contributed by atoms with van der Waals surface area (Å²) in [5.41, 5.74) is 1.16. The van der Waals surface area contributed by atoms with Crippen LogP contribution < -0.4 is 0 Å². The smallest absolute Gasteiger partial charge is 0.227 e. The second-order valence-electron chi connectivity index (χ2n) is 6.31. The fraction of sp³-hybridized carbons (Fsp3) is 0.444. The second-order valence-corrected chi connectivity index (χ2v) is 6.31. The minimum Gasteiger partial charge on any atom is -0.464 e. The molecule has 3 heterocycles. The number of morpholine rings is 1. The van der Waals surface area contributed by atoms with Crippen LogP contribution in [0.3, 0.4) is 0 Å². The Morgan fingerprint density at radius 3 is 3.00 bits per heavy atom. The van der Waals surface area contributed by atoms with Gasteiger partial charge in [0.2, 0.25) is 5.91 Å². The number of carbonyl (C=O) groups excluding carboxylic acids is 1. The molecule has 1 amide bonds. The molecule has 2 aromatic rings. The van der Waals surface area contributed by atoms with Gasteiger partial charge in [-0.2, -0.15) is 0 Å². The molecule has 5 heteroatoms. The van der Waals surface area contributed by atoms with Gasteiger partial charge >= 0.3 is 0 Å². The van der Waals surface area contributed by atoms with Gasteiger partial charge < -0.3 is 14.1 Å². The summed E-state index contributed by atoms with van der Waals surface area (Å²) in [5.74, 6) is 2.25. The number of rotatable bonds is 3. The predicted molar refractivity (Wildman–Crippen MR) is 83.8 cm³/mol. The predicted octanol–water partition coefficient (Wildman–Crippen LogP) is 2.69. The molecule has 0 unspecified atom stereocenters. The van der Waals surface area contributed by atoms with Crippen molar-refractivity contribution >= 4 is 5.91 Å². The van der Waals surface area contributed by atoms with Gasteiger partial charge in [-0.05, 0) is 43.0 Å². The number of aromatic nitrogens is 1. The molecular weight excluding hydrogens is 292 g/mol. The van der Waals surface area contributed by atoms with Crippen LogP contribution in [0.25, 0.3) is 0 Å². The molecule has 0 radical (unpaired) electrons. The molecule has 2 fully saturated rings. The summed E-state index contributed by atoms with van der Waals surface area (Å²) in [5, 5.41) is 0. The summed E-state index contributed by atoms with van der Waals surface area (Å²) >= 11 is 0. The second kappa shape index (κ2) is 5.81. The van der Waals surface area contributed by atoms with Crippen molar-refractivity contribution in [1.82, 2.24) is 9.88 Å². The highest BCUT2D eigenvalue weighted by atomic mass is 16.5. The molecular formula is C18H20N2O3. The highest BCUT2D eigenvalue weighted by Gasteiger charge is 2.47. The van der Waals surface area contributed by atoms with Gasteiger partial charge in [0.25, 0.3) is 0 Å². The van der Waals surface area contributed by atoms with Crippen LogP contribution in [0, 0.1) is 12.8 Å². The van der Waals surface area contributed by atoms with Crippen molar-refractivity contribution < 1.29 is 13.9 Å². The third-order valence-electron chi connectivity index (χ3n) is 4.72. The van der Waals surface area contributed by atoms with Crippen molar-refractivity contribution in [3.63, 3.8) is 0 Å². The van der Waals surface area contributed by atoms with Crippen molar-refractivity contribution in [2.24, 2.45) is 5.92 Å². The molecule has 0 bridgehead atoms. The quantitative estimate of drug-likeness (QED) is 0.874. The van der Waals surface area contributed by atoms with Crippen LogP contribution in [-0.4, -0.2) is 35.5 Å². The standard InChI is InChI=1S/C18H20N2O3/c1-12-4-5-17(23-12)16-11-22-8-7-20(16)18(21)15-9-14(15)13-3-2-6-19-10-13/h2-6,10,14-16H,7-9,11H2,1H3/t14-,15-,16+/m1/s1. The molecule has 0 aromatic carbocycles. The zero-order chi connectivity index (χ0) is 15.8. The summed E-state index contributed by atoms with van der Waals surface area (Å²) in [6.07, 6.45) is 4.54. The summed E-state index contributed by atoms with van der Waals surface area (Å²) in [6.45, 7) is 3.63. The number of pyridine rings is 1. The summed E-state index contributed by atoms with van der Waals surface area (Å²) in [4.78, 5) is 19.0. The molecule has 1 saturated heterocycles. The van der Waals surface area contributed by atoms with Crippen LogP contribution in [0.5, 0.6) is 0 Å². The van der Waals surface area contributed by atoms with Crippen molar-refractivity contribution in [3.8, 4) is 0 Å². The Hall–Kier alpha value is -2.14. The lowest BCUT2D eigenvalue weighted by molar-refractivity contribution is -0.142. The Morgan fingerprint density at radius 1 is 1.35 bits per heavy atom. The van der Waals surface area contributed by atoms with E-state index in [4.69, 9.17) is 9.15 Å². The number of hydrogen-bond acceptors (Lipinski definition) is 4. The van der Waals surface area contributed by atoms with Gasteiger partial charge in [0.05, 0.1) is 13.2 Å². The van der Waals surface area contributed by atoms with Crippen molar-refractivity contribution in [2.75, 3.05) is 19.8 Å². The van der Waals surface area contributed by atoms with Crippen LogP contribution in [0.1, 0.15) is 35.5 Å². The van der Waals surface area contributed by atoms with E-state index in [1.165, 1.54) is 0 Å². The third kappa shape index (κ3) is 2.77. The van der Waals surface area contributed by atoms with Gasteiger partial charge in [-0.1, -0.05) is 6.07 Å². The minimum absolute atomic E-state index is 0.0656. The normalized spacial score (nSPS) is 27.0. The van der Waals surface area contributed by atoms with E-state index < -0.39 is 0 Å². The van der Waals surface area contributed by atoms with Crippen LogP contribution in [0.4, 0.5) is 0 Å².